The zero-order valence-electron chi connectivity index (χ0n) is 11.2. The van der Waals surface area contributed by atoms with Gasteiger partial charge in [-0.1, -0.05) is 42.5 Å². The third-order valence-electron chi connectivity index (χ3n) is 2.79. The molecule has 1 aliphatic rings. The van der Waals surface area contributed by atoms with Gasteiger partial charge in [0.05, 0.1) is 6.61 Å². The summed E-state index contributed by atoms with van der Waals surface area (Å²) in [7, 11) is 0. The van der Waals surface area contributed by atoms with E-state index in [2.05, 4.69) is 0 Å². The number of rotatable bonds is 5. The lowest BCUT2D eigenvalue weighted by Gasteiger charge is -2.24. The Hall–Kier alpha value is -2.60. The van der Waals surface area contributed by atoms with E-state index in [1.54, 1.807) is 12.2 Å². The van der Waals surface area contributed by atoms with Crippen LogP contribution in [0.5, 0.6) is 0 Å². The molecule has 1 amide bonds. The molecule has 1 aliphatic heterocycles. The monoisotopic (exact) mass is 289 g/mol. The Bertz CT molecular complexity index is 552. The first-order valence-corrected chi connectivity index (χ1v) is 6.33. The number of allylic oxidation sites excluding steroid dienone is 2. The van der Waals surface area contributed by atoms with Crippen molar-refractivity contribution in [2.75, 3.05) is 6.79 Å². The van der Waals surface area contributed by atoms with Gasteiger partial charge in [0.1, 0.15) is 0 Å². The van der Waals surface area contributed by atoms with Gasteiger partial charge in [-0.05, 0) is 11.6 Å². The number of carbonyl (C=O) groups excluding carboxylic acids is 1. The van der Waals surface area contributed by atoms with E-state index in [4.69, 9.17) is 14.6 Å². The van der Waals surface area contributed by atoms with Crippen molar-refractivity contribution < 1.29 is 24.2 Å². The minimum atomic E-state index is -1.13. The van der Waals surface area contributed by atoms with E-state index in [0.29, 0.717) is 6.61 Å². The summed E-state index contributed by atoms with van der Waals surface area (Å²) >= 11 is 0. The van der Waals surface area contributed by atoms with Crippen molar-refractivity contribution in [2.45, 2.75) is 12.6 Å². The molecule has 6 heteroatoms. The summed E-state index contributed by atoms with van der Waals surface area (Å²) in [6.07, 6.45) is 5.11. The standard InChI is InChI=1S/C15H15NO5/c17-14(18)13-8-4-5-9-16(13)15(19)21-11-20-10-12-6-2-1-3-7-12/h1-9,13H,10-11H2,(H,17,18). The Balaban J connectivity index is 1.78. The first-order valence-electron chi connectivity index (χ1n) is 6.33. The lowest BCUT2D eigenvalue weighted by molar-refractivity contribution is -0.140. The van der Waals surface area contributed by atoms with Crippen LogP contribution in [0.15, 0.2) is 54.8 Å². The third kappa shape index (κ3) is 4.19. The average Bonchev–Trinajstić information content (AvgIpc) is 2.52. The van der Waals surface area contributed by atoms with Gasteiger partial charge in [0, 0.05) is 6.20 Å². The van der Waals surface area contributed by atoms with Crippen LogP contribution in [0.2, 0.25) is 0 Å². The number of benzene rings is 1. The maximum absolute atomic E-state index is 11.8. The van der Waals surface area contributed by atoms with Gasteiger partial charge in [0.15, 0.2) is 12.8 Å². The lowest BCUT2D eigenvalue weighted by Crippen LogP contribution is -2.41. The van der Waals surface area contributed by atoms with Crippen LogP contribution in [0.4, 0.5) is 4.79 Å². The van der Waals surface area contributed by atoms with Gasteiger partial charge in [-0.3, -0.25) is 4.90 Å². The van der Waals surface area contributed by atoms with Crippen LogP contribution in [0.25, 0.3) is 0 Å². The lowest BCUT2D eigenvalue weighted by atomic mass is 10.2. The molecule has 6 nitrogen and oxygen atoms in total. The molecule has 0 saturated heterocycles. The predicted molar refractivity (Wildman–Crippen MR) is 74.1 cm³/mol. The summed E-state index contributed by atoms with van der Waals surface area (Å²) in [4.78, 5) is 23.8. The van der Waals surface area contributed by atoms with Crippen LogP contribution in [0.1, 0.15) is 5.56 Å². The fraction of sp³-hybridized carbons (Fsp3) is 0.200. The number of hydrogen-bond donors (Lipinski definition) is 1. The summed E-state index contributed by atoms with van der Waals surface area (Å²) in [6.45, 7) is 0.0698. The van der Waals surface area contributed by atoms with Crippen molar-refractivity contribution in [3.05, 3.63) is 60.3 Å². The summed E-state index contributed by atoms with van der Waals surface area (Å²) < 4.78 is 10.1. The van der Waals surface area contributed by atoms with E-state index < -0.39 is 18.1 Å². The number of carboxylic acids is 1. The van der Waals surface area contributed by atoms with Crippen molar-refractivity contribution in [1.29, 1.82) is 0 Å². The number of carbonyl (C=O) groups is 2. The van der Waals surface area contributed by atoms with Crippen molar-refractivity contribution in [3.63, 3.8) is 0 Å². The largest absolute Gasteiger partial charge is 0.479 e. The topological polar surface area (TPSA) is 76.1 Å². The van der Waals surface area contributed by atoms with Gasteiger partial charge in [-0.25, -0.2) is 9.59 Å². The van der Waals surface area contributed by atoms with E-state index in [1.807, 2.05) is 30.3 Å². The molecule has 0 spiro atoms. The van der Waals surface area contributed by atoms with Crippen molar-refractivity contribution in [1.82, 2.24) is 4.90 Å². The minimum Gasteiger partial charge on any atom is -0.479 e. The molecule has 1 heterocycles. The van der Waals surface area contributed by atoms with Crippen LogP contribution in [-0.2, 0) is 20.9 Å². The molecule has 0 saturated carbocycles. The molecule has 1 unspecified atom stereocenters. The minimum absolute atomic E-state index is 0.242. The fourth-order valence-electron chi connectivity index (χ4n) is 1.77. The SMILES string of the molecule is O=C(O)C1C=CC=CN1C(=O)OCOCc1ccccc1. The molecule has 0 radical (unpaired) electrons. The Labute approximate surface area is 121 Å². The molecule has 21 heavy (non-hydrogen) atoms. The van der Waals surface area contributed by atoms with Crippen LogP contribution in [-0.4, -0.2) is 34.9 Å². The highest BCUT2D eigenvalue weighted by atomic mass is 16.7. The Morgan fingerprint density at radius 3 is 2.67 bits per heavy atom. The number of amides is 1. The third-order valence-corrected chi connectivity index (χ3v) is 2.79. The molecule has 0 fully saturated rings. The molecule has 1 atom stereocenters. The zero-order chi connectivity index (χ0) is 15.1. The van der Waals surface area contributed by atoms with Crippen LogP contribution >= 0.6 is 0 Å². The second kappa shape index (κ2) is 7.25. The van der Waals surface area contributed by atoms with Gasteiger partial charge in [0.2, 0.25) is 0 Å². The highest BCUT2D eigenvalue weighted by Gasteiger charge is 2.28. The van der Waals surface area contributed by atoms with Crippen LogP contribution in [0, 0.1) is 0 Å². The van der Waals surface area contributed by atoms with E-state index in [9.17, 15) is 9.59 Å². The molecular weight excluding hydrogens is 274 g/mol. The number of hydrogen-bond acceptors (Lipinski definition) is 4. The second-order valence-electron chi connectivity index (χ2n) is 4.28. The summed E-state index contributed by atoms with van der Waals surface area (Å²) in [6, 6.07) is 8.38. The summed E-state index contributed by atoms with van der Waals surface area (Å²) in [5.41, 5.74) is 0.956. The molecule has 1 aromatic rings. The molecule has 110 valence electrons. The van der Waals surface area contributed by atoms with Gasteiger partial charge < -0.3 is 14.6 Å². The Morgan fingerprint density at radius 1 is 1.19 bits per heavy atom. The first-order chi connectivity index (χ1) is 10.2. The first kappa shape index (κ1) is 14.8. The van der Waals surface area contributed by atoms with Gasteiger partial charge >= 0.3 is 12.1 Å². The normalized spacial score (nSPS) is 16.8. The van der Waals surface area contributed by atoms with Gasteiger partial charge in [-0.2, -0.15) is 0 Å². The van der Waals surface area contributed by atoms with Gasteiger partial charge in [0.25, 0.3) is 0 Å². The summed E-state index contributed by atoms with van der Waals surface area (Å²) in [5, 5.41) is 9.01. The molecule has 0 aromatic heterocycles. The summed E-state index contributed by atoms with van der Waals surface area (Å²) in [5.74, 6) is -1.13. The highest BCUT2D eigenvalue weighted by Crippen LogP contribution is 2.11. The number of carboxylic acid groups (broad SMARTS) is 1. The van der Waals surface area contributed by atoms with E-state index in [0.717, 1.165) is 10.5 Å². The Morgan fingerprint density at radius 2 is 1.95 bits per heavy atom. The second-order valence-corrected chi connectivity index (χ2v) is 4.28. The van der Waals surface area contributed by atoms with Crippen LogP contribution in [0.3, 0.4) is 0 Å². The zero-order valence-corrected chi connectivity index (χ0v) is 11.2. The van der Waals surface area contributed by atoms with Crippen molar-refractivity contribution in [3.8, 4) is 0 Å². The van der Waals surface area contributed by atoms with E-state index in [1.165, 1.54) is 12.3 Å². The van der Waals surface area contributed by atoms with E-state index in [-0.39, 0.29) is 6.79 Å². The maximum atomic E-state index is 11.8. The predicted octanol–water partition coefficient (Wildman–Crippen LogP) is 2.14. The molecular formula is C15H15NO5. The Kier molecular flexibility index (Phi) is 5.11. The van der Waals surface area contributed by atoms with E-state index >= 15 is 0 Å². The quantitative estimate of drug-likeness (QED) is 0.664. The molecule has 1 aromatic carbocycles. The van der Waals surface area contributed by atoms with Gasteiger partial charge in [-0.15, -0.1) is 0 Å². The van der Waals surface area contributed by atoms with Crippen LogP contribution < -0.4 is 0 Å². The average molecular weight is 289 g/mol. The smallest absolute Gasteiger partial charge is 0.416 e. The van der Waals surface area contributed by atoms with Crippen molar-refractivity contribution in [2.24, 2.45) is 0 Å². The number of aliphatic carboxylic acids is 1. The number of nitrogens with zero attached hydrogens (tertiary/aromatic N) is 1. The molecule has 0 aliphatic carbocycles. The maximum Gasteiger partial charge on any atom is 0.416 e. The number of ether oxygens (including phenoxy) is 2. The molecule has 0 bridgehead atoms. The van der Waals surface area contributed by atoms with Crippen molar-refractivity contribution >= 4 is 12.1 Å². The fourth-order valence-corrected chi connectivity index (χ4v) is 1.77. The molecule has 1 N–H and O–H groups in total. The highest BCUT2D eigenvalue weighted by molar-refractivity contribution is 5.83. The molecule has 2 rings (SSSR count).